The minimum absolute atomic E-state index is 0.366. The summed E-state index contributed by atoms with van der Waals surface area (Å²) in [6, 6.07) is 9.34. The molecule has 1 aliphatic heterocycles. The Morgan fingerprint density at radius 3 is 2.75 bits per heavy atom. The average Bonchev–Trinajstić information content (AvgIpc) is 2.40. The van der Waals surface area contributed by atoms with E-state index in [0.717, 1.165) is 24.9 Å². The lowest BCUT2D eigenvalue weighted by molar-refractivity contribution is -0.00269. The first kappa shape index (κ1) is 14.8. The van der Waals surface area contributed by atoms with Crippen molar-refractivity contribution in [1.29, 1.82) is 5.26 Å². The Labute approximate surface area is 119 Å². The van der Waals surface area contributed by atoms with E-state index < -0.39 is 10.0 Å². The third kappa shape index (κ3) is 4.49. The second-order valence-electron chi connectivity index (χ2n) is 4.79. The van der Waals surface area contributed by atoms with E-state index in [1.54, 1.807) is 12.1 Å². The van der Waals surface area contributed by atoms with Crippen LogP contribution >= 0.6 is 0 Å². The Morgan fingerprint density at radius 1 is 1.45 bits per heavy atom. The number of benzene rings is 1. The van der Waals surface area contributed by atoms with Crippen LogP contribution in [-0.4, -0.2) is 45.4 Å². The van der Waals surface area contributed by atoms with Crippen molar-refractivity contribution in [3.05, 3.63) is 29.8 Å². The van der Waals surface area contributed by atoms with Crippen molar-refractivity contribution >= 4 is 15.7 Å². The molecule has 1 unspecified atom stereocenters. The van der Waals surface area contributed by atoms with E-state index in [0.29, 0.717) is 18.8 Å². The van der Waals surface area contributed by atoms with E-state index >= 15 is 0 Å². The van der Waals surface area contributed by atoms with Gasteiger partial charge in [0.2, 0.25) is 10.0 Å². The standard InChI is InChI=1S/C13H17N3O3S/c1-20(17,18)15-12-4-2-11(3-5-12)9-16-6-7-19-13(8-14)10-16/h2-5,13,15H,6-7,9-10H2,1H3. The van der Waals surface area contributed by atoms with E-state index in [4.69, 9.17) is 10.00 Å². The number of hydrogen-bond donors (Lipinski definition) is 1. The first-order chi connectivity index (χ1) is 9.46. The number of nitriles is 1. The Morgan fingerprint density at radius 2 is 2.15 bits per heavy atom. The molecule has 1 N–H and O–H groups in total. The van der Waals surface area contributed by atoms with Gasteiger partial charge < -0.3 is 4.74 Å². The van der Waals surface area contributed by atoms with Crippen LogP contribution < -0.4 is 4.72 Å². The van der Waals surface area contributed by atoms with Crippen LogP contribution in [0, 0.1) is 11.3 Å². The highest BCUT2D eigenvalue weighted by Gasteiger charge is 2.19. The molecule has 0 amide bonds. The molecule has 0 bridgehead atoms. The molecule has 6 nitrogen and oxygen atoms in total. The van der Waals surface area contributed by atoms with E-state index in [1.165, 1.54) is 0 Å². The van der Waals surface area contributed by atoms with Crippen LogP contribution in [0.15, 0.2) is 24.3 Å². The van der Waals surface area contributed by atoms with Crippen molar-refractivity contribution in [3.8, 4) is 6.07 Å². The number of sulfonamides is 1. The molecule has 7 heteroatoms. The zero-order chi connectivity index (χ0) is 14.6. The third-order valence-corrected chi connectivity index (χ3v) is 3.56. The lowest BCUT2D eigenvalue weighted by atomic mass is 10.2. The summed E-state index contributed by atoms with van der Waals surface area (Å²) in [6.07, 6.45) is 0.756. The molecular weight excluding hydrogens is 278 g/mol. The van der Waals surface area contributed by atoms with E-state index in [9.17, 15) is 8.42 Å². The molecule has 0 spiro atoms. The predicted molar refractivity (Wildman–Crippen MR) is 75.5 cm³/mol. The summed E-state index contributed by atoms with van der Waals surface area (Å²) in [5.74, 6) is 0. The molecule has 20 heavy (non-hydrogen) atoms. The van der Waals surface area contributed by atoms with Crippen molar-refractivity contribution in [1.82, 2.24) is 4.90 Å². The summed E-state index contributed by atoms with van der Waals surface area (Å²) < 4.78 is 29.9. The van der Waals surface area contributed by atoms with Gasteiger partial charge in [0.15, 0.2) is 6.10 Å². The van der Waals surface area contributed by atoms with Gasteiger partial charge in [-0.05, 0) is 17.7 Å². The highest BCUT2D eigenvalue weighted by molar-refractivity contribution is 7.92. The summed E-state index contributed by atoms with van der Waals surface area (Å²) in [5, 5.41) is 8.85. The van der Waals surface area contributed by atoms with Gasteiger partial charge >= 0.3 is 0 Å². The van der Waals surface area contributed by atoms with Crippen LogP contribution in [0.2, 0.25) is 0 Å². The SMILES string of the molecule is CS(=O)(=O)Nc1ccc(CN2CCOC(C#N)C2)cc1. The number of morpholine rings is 1. The number of anilines is 1. The number of nitrogens with zero attached hydrogens (tertiary/aromatic N) is 2. The predicted octanol–water partition coefficient (Wildman–Crippen LogP) is 0.782. The van der Waals surface area contributed by atoms with E-state index in [2.05, 4.69) is 15.7 Å². The highest BCUT2D eigenvalue weighted by atomic mass is 32.2. The van der Waals surface area contributed by atoms with Gasteiger partial charge in [0.25, 0.3) is 0 Å². The van der Waals surface area contributed by atoms with Crippen LogP contribution in [0.3, 0.4) is 0 Å². The zero-order valence-electron chi connectivity index (χ0n) is 11.2. The maximum Gasteiger partial charge on any atom is 0.229 e. The quantitative estimate of drug-likeness (QED) is 0.887. The summed E-state index contributed by atoms with van der Waals surface area (Å²) in [7, 11) is -3.24. The molecule has 0 saturated carbocycles. The van der Waals surface area contributed by atoms with Gasteiger partial charge in [0.1, 0.15) is 0 Å². The van der Waals surface area contributed by atoms with Crippen LogP contribution in [-0.2, 0) is 21.3 Å². The molecule has 1 saturated heterocycles. The van der Waals surface area contributed by atoms with Crippen molar-refractivity contribution in [2.24, 2.45) is 0 Å². The summed E-state index contributed by atoms with van der Waals surface area (Å²) in [5.41, 5.74) is 1.62. The number of hydrogen-bond acceptors (Lipinski definition) is 5. The average molecular weight is 295 g/mol. The molecule has 1 aliphatic rings. The molecule has 0 aromatic heterocycles. The first-order valence-corrected chi connectivity index (χ1v) is 8.16. The summed E-state index contributed by atoms with van der Waals surface area (Å²) >= 11 is 0. The number of ether oxygens (including phenoxy) is 1. The smallest absolute Gasteiger partial charge is 0.229 e. The maximum absolute atomic E-state index is 11.1. The Hall–Kier alpha value is -1.62. The topological polar surface area (TPSA) is 82.4 Å². The fraction of sp³-hybridized carbons (Fsp3) is 0.462. The van der Waals surface area contributed by atoms with Gasteiger partial charge in [-0.2, -0.15) is 5.26 Å². The molecule has 1 atom stereocenters. The Kier molecular flexibility index (Phi) is 4.60. The summed E-state index contributed by atoms with van der Waals surface area (Å²) in [4.78, 5) is 2.15. The highest BCUT2D eigenvalue weighted by Crippen LogP contribution is 2.14. The number of nitrogens with one attached hydrogen (secondary N) is 1. The van der Waals surface area contributed by atoms with Crippen molar-refractivity contribution in [2.75, 3.05) is 30.7 Å². The molecule has 108 valence electrons. The largest absolute Gasteiger partial charge is 0.361 e. The normalized spacial score (nSPS) is 20.3. The molecule has 1 heterocycles. The monoisotopic (exact) mass is 295 g/mol. The van der Waals surface area contributed by atoms with Crippen LogP contribution in [0.1, 0.15) is 5.56 Å². The second kappa shape index (κ2) is 6.22. The van der Waals surface area contributed by atoms with Crippen molar-refractivity contribution < 1.29 is 13.2 Å². The molecule has 1 fully saturated rings. The lowest BCUT2D eigenvalue weighted by Crippen LogP contribution is -2.41. The molecule has 0 radical (unpaired) electrons. The van der Waals surface area contributed by atoms with Gasteiger partial charge in [0, 0.05) is 25.3 Å². The second-order valence-corrected chi connectivity index (χ2v) is 6.54. The Bertz CT molecular complexity index is 592. The maximum atomic E-state index is 11.1. The van der Waals surface area contributed by atoms with Gasteiger partial charge in [0.05, 0.1) is 18.9 Å². The fourth-order valence-electron chi connectivity index (χ4n) is 2.07. The van der Waals surface area contributed by atoms with E-state index in [1.807, 2.05) is 12.1 Å². The molecule has 2 rings (SSSR count). The Balaban J connectivity index is 1.95. The molecule has 1 aromatic rings. The van der Waals surface area contributed by atoms with Gasteiger partial charge in [-0.25, -0.2) is 8.42 Å². The van der Waals surface area contributed by atoms with E-state index in [-0.39, 0.29) is 6.10 Å². The van der Waals surface area contributed by atoms with Crippen LogP contribution in [0.25, 0.3) is 0 Å². The van der Waals surface area contributed by atoms with Gasteiger partial charge in [-0.3, -0.25) is 9.62 Å². The molecule has 1 aromatic carbocycles. The van der Waals surface area contributed by atoms with Gasteiger partial charge in [-0.15, -0.1) is 0 Å². The zero-order valence-corrected chi connectivity index (χ0v) is 12.1. The molecule has 0 aliphatic carbocycles. The van der Waals surface area contributed by atoms with Crippen molar-refractivity contribution in [2.45, 2.75) is 12.6 Å². The number of rotatable bonds is 4. The lowest BCUT2D eigenvalue weighted by Gasteiger charge is -2.29. The van der Waals surface area contributed by atoms with Crippen LogP contribution in [0.5, 0.6) is 0 Å². The van der Waals surface area contributed by atoms with Gasteiger partial charge in [-0.1, -0.05) is 12.1 Å². The third-order valence-electron chi connectivity index (χ3n) is 2.96. The molecular formula is C13H17N3O3S. The van der Waals surface area contributed by atoms with Crippen LogP contribution in [0.4, 0.5) is 5.69 Å². The fourth-order valence-corrected chi connectivity index (χ4v) is 2.64. The summed E-state index contributed by atoms with van der Waals surface area (Å²) in [6.45, 7) is 2.67. The minimum atomic E-state index is -3.24. The van der Waals surface area contributed by atoms with Crippen molar-refractivity contribution in [3.63, 3.8) is 0 Å². The first-order valence-electron chi connectivity index (χ1n) is 6.26. The minimum Gasteiger partial charge on any atom is -0.361 e.